The summed E-state index contributed by atoms with van der Waals surface area (Å²) in [5.74, 6) is 0.934. The van der Waals surface area contributed by atoms with Crippen LogP contribution in [0.15, 0.2) is 18.2 Å². The third-order valence-corrected chi connectivity index (χ3v) is 3.60. The molecule has 1 aromatic carbocycles. The van der Waals surface area contributed by atoms with Crippen molar-refractivity contribution in [2.75, 3.05) is 6.61 Å². The SMILES string of the molecule is Oc1cccc2c1OCCC2NC1CCC1. The van der Waals surface area contributed by atoms with Crippen molar-refractivity contribution in [1.29, 1.82) is 0 Å². The number of phenolic OH excluding ortho intramolecular Hbond substituents is 1. The van der Waals surface area contributed by atoms with Gasteiger partial charge in [-0.05, 0) is 18.9 Å². The van der Waals surface area contributed by atoms with Gasteiger partial charge in [0.15, 0.2) is 11.5 Å². The minimum atomic E-state index is 0.262. The summed E-state index contributed by atoms with van der Waals surface area (Å²) in [6, 6.07) is 6.63. The predicted octanol–water partition coefficient (Wildman–Crippen LogP) is 2.36. The summed E-state index contributed by atoms with van der Waals surface area (Å²) >= 11 is 0. The molecular formula is C13H17NO2. The summed E-state index contributed by atoms with van der Waals surface area (Å²) in [4.78, 5) is 0. The summed E-state index contributed by atoms with van der Waals surface area (Å²) in [6.45, 7) is 0.689. The fourth-order valence-electron chi connectivity index (χ4n) is 2.44. The minimum absolute atomic E-state index is 0.262. The van der Waals surface area contributed by atoms with Crippen LogP contribution in [0.2, 0.25) is 0 Å². The molecule has 1 aliphatic carbocycles. The van der Waals surface area contributed by atoms with Crippen LogP contribution in [0.5, 0.6) is 11.5 Å². The number of para-hydroxylation sites is 1. The Balaban J connectivity index is 1.84. The second kappa shape index (κ2) is 3.98. The number of benzene rings is 1. The zero-order valence-corrected chi connectivity index (χ0v) is 9.28. The Morgan fingerprint density at radius 3 is 2.88 bits per heavy atom. The minimum Gasteiger partial charge on any atom is -0.504 e. The van der Waals surface area contributed by atoms with Crippen molar-refractivity contribution >= 4 is 0 Å². The number of nitrogens with one attached hydrogen (secondary N) is 1. The van der Waals surface area contributed by atoms with Gasteiger partial charge in [0.2, 0.25) is 0 Å². The van der Waals surface area contributed by atoms with Crippen molar-refractivity contribution in [3.8, 4) is 11.5 Å². The second-order valence-corrected chi connectivity index (χ2v) is 4.68. The molecule has 2 aliphatic rings. The number of phenols is 1. The lowest BCUT2D eigenvalue weighted by Crippen LogP contribution is -2.39. The summed E-state index contributed by atoms with van der Waals surface area (Å²) < 4.78 is 5.53. The molecule has 0 radical (unpaired) electrons. The van der Waals surface area contributed by atoms with Crippen LogP contribution in [0.3, 0.4) is 0 Å². The van der Waals surface area contributed by atoms with Crippen molar-refractivity contribution in [2.45, 2.75) is 37.8 Å². The monoisotopic (exact) mass is 219 g/mol. The van der Waals surface area contributed by atoms with Crippen LogP contribution >= 0.6 is 0 Å². The molecule has 1 saturated carbocycles. The lowest BCUT2D eigenvalue weighted by Gasteiger charge is -2.34. The molecule has 3 rings (SSSR count). The van der Waals surface area contributed by atoms with E-state index in [2.05, 4.69) is 5.32 Å². The van der Waals surface area contributed by atoms with Crippen molar-refractivity contribution < 1.29 is 9.84 Å². The van der Waals surface area contributed by atoms with Gasteiger partial charge in [-0.25, -0.2) is 0 Å². The molecule has 0 bridgehead atoms. The highest BCUT2D eigenvalue weighted by Crippen LogP contribution is 2.39. The van der Waals surface area contributed by atoms with E-state index in [1.54, 1.807) is 6.07 Å². The van der Waals surface area contributed by atoms with Gasteiger partial charge in [0.25, 0.3) is 0 Å². The van der Waals surface area contributed by atoms with Crippen molar-refractivity contribution in [3.05, 3.63) is 23.8 Å². The van der Waals surface area contributed by atoms with Gasteiger partial charge in [-0.15, -0.1) is 0 Å². The smallest absolute Gasteiger partial charge is 0.165 e. The lowest BCUT2D eigenvalue weighted by molar-refractivity contribution is 0.215. The maximum atomic E-state index is 9.73. The van der Waals surface area contributed by atoms with Gasteiger partial charge >= 0.3 is 0 Å². The van der Waals surface area contributed by atoms with E-state index in [0.717, 1.165) is 12.0 Å². The maximum Gasteiger partial charge on any atom is 0.165 e. The molecule has 0 saturated heterocycles. The van der Waals surface area contributed by atoms with Crippen molar-refractivity contribution in [2.24, 2.45) is 0 Å². The van der Waals surface area contributed by atoms with Gasteiger partial charge in [-0.3, -0.25) is 0 Å². The van der Waals surface area contributed by atoms with E-state index in [0.29, 0.717) is 24.4 Å². The summed E-state index contributed by atoms with van der Waals surface area (Å²) in [5.41, 5.74) is 1.11. The van der Waals surface area contributed by atoms with E-state index < -0.39 is 0 Å². The molecule has 3 heteroatoms. The van der Waals surface area contributed by atoms with Crippen LogP contribution in [0.25, 0.3) is 0 Å². The van der Waals surface area contributed by atoms with E-state index in [4.69, 9.17) is 4.74 Å². The Bertz CT molecular complexity index is 388. The molecule has 16 heavy (non-hydrogen) atoms. The number of hydrogen-bond acceptors (Lipinski definition) is 3. The number of hydrogen-bond donors (Lipinski definition) is 2. The molecule has 1 atom stereocenters. The highest BCUT2D eigenvalue weighted by Gasteiger charge is 2.27. The van der Waals surface area contributed by atoms with Crippen LogP contribution in [0, 0.1) is 0 Å². The van der Waals surface area contributed by atoms with Gasteiger partial charge in [-0.2, -0.15) is 0 Å². The molecule has 0 spiro atoms. The molecular weight excluding hydrogens is 202 g/mol. The molecule has 2 N–H and O–H groups in total. The largest absolute Gasteiger partial charge is 0.504 e. The first-order valence-electron chi connectivity index (χ1n) is 6.05. The van der Waals surface area contributed by atoms with E-state index in [9.17, 15) is 5.11 Å². The van der Waals surface area contributed by atoms with Crippen LogP contribution in [0.1, 0.15) is 37.3 Å². The molecule has 1 fully saturated rings. The fraction of sp³-hybridized carbons (Fsp3) is 0.538. The van der Waals surface area contributed by atoms with E-state index in [1.165, 1.54) is 19.3 Å². The maximum absolute atomic E-state index is 9.73. The average molecular weight is 219 g/mol. The second-order valence-electron chi connectivity index (χ2n) is 4.68. The quantitative estimate of drug-likeness (QED) is 0.802. The van der Waals surface area contributed by atoms with Gasteiger partial charge in [0, 0.05) is 24.1 Å². The Labute approximate surface area is 95.4 Å². The summed E-state index contributed by atoms with van der Waals surface area (Å²) in [5, 5.41) is 13.4. The molecule has 0 aromatic heterocycles. The summed E-state index contributed by atoms with van der Waals surface area (Å²) in [6.07, 6.45) is 4.90. The Morgan fingerprint density at radius 2 is 2.12 bits per heavy atom. The average Bonchev–Trinajstić information content (AvgIpc) is 2.24. The number of aromatic hydroxyl groups is 1. The van der Waals surface area contributed by atoms with Crippen molar-refractivity contribution in [3.63, 3.8) is 0 Å². The van der Waals surface area contributed by atoms with Crippen molar-refractivity contribution in [1.82, 2.24) is 5.32 Å². The third kappa shape index (κ3) is 1.65. The molecule has 1 aliphatic heterocycles. The number of rotatable bonds is 2. The zero-order chi connectivity index (χ0) is 11.0. The van der Waals surface area contributed by atoms with E-state index in [1.807, 2.05) is 12.1 Å². The molecule has 0 amide bonds. The van der Waals surface area contributed by atoms with Crippen LogP contribution in [-0.4, -0.2) is 17.8 Å². The molecule has 1 aromatic rings. The molecule has 86 valence electrons. The lowest BCUT2D eigenvalue weighted by atomic mass is 9.90. The Morgan fingerprint density at radius 1 is 1.25 bits per heavy atom. The van der Waals surface area contributed by atoms with Crippen LogP contribution in [0.4, 0.5) is 0 Å². The van der Waals surface area contributed by atoms with Gasteiger partial charge in [0.05, 0.1) is 6.61 Å². The van der Waals surface area contributed by atoms with E-state index >= 15 is 0 Å². The highest BCUT2D eigenvalue weighted by atomic mass is 16.5. The zero-order valence-electron chi connectivity index (χ0n) is 9.28. The normalized spacial score (nSPS) is 24.4. The topological polar surface area (TPSA) is 41.5 Å². The Hall–Kier alpha value is -1.22. The van der Waals surface area contributed by atoms with Gasteiger partial charge in [-0.1, -0.05) is 18.6 Å². The molecule has 3 nitrogen and oxygen atoms in total. The third-order valence-electron chi connectivity index (χ3n) is 3.60. The first-order chi connectivity index (χ1) is 7.84. The highest BCUT2D eigenvalue weighted by molar-refractivity contribution is 5.48. The number of fused-ring (bicyclic) bond motifs is 1. The van der Waals surface area contributed by atoms with Gasteiger partial charge < -0.3 is 15.2 Å². The standard InChI is InChI=1S/C13H17NO2/c15-12-6-2-5-10-11(7-8-16-13(10)12)14-9-3-1-4-9/h2,5-6,9,11,14-15H,1,3-4,7-8H2. The first-order valence-corrected chi connectivity index (χ1v) is 6.05. The van der Waals surface area contributed by atoms with Crippen LogP contribution < -0.4 is 10.1 Å². The van der Waals surface area contributed by atoms with Crippen LogP contribution in [-0.2, 0) is 0 Å². The van der Waals surface area contributed by atoms with E-state index in [-0.39, 0.29) is 5.75 Å². The molecule has 1 heterocycles. The molecule has 1 unspecified atom stereocenters. The first kappa shape index (κ1) is 9.97. The van der Waals surface area contributed by atoms with Gasteiger partial charge in [0.1, 0.15) is 0 Å². The number of ether oxygens (including phenoxy) is 1. The Kier molecular flexibility index (Phi) is 2.48. The summed E-state index contributed by atoms with van der Waals surface area (Å²) in [7, 11) is 0. The predicted molar refractivity (Wildman–Crippen MR) is 61.7 cm³/mol. The fourth-order valence-corrected chi connectivity index (χ4v) is 2.44.